The van der Waals surface area contributed by atoms with E-state index >= 15 is 0 Å². The van der Waals surface area contributed by atoms with Gasteiger partial charge >= 0.3 is 0 Å². The number of carbonyl (C=O) groups excluding carboxylic acids is 2. The molecule has 0 aliphatic rings. The molecule has 1 aromatic rings. The lowest BCUT2D eigenvalue weighted by Crippen LogP contribution is -2.42. The predicted octanol–water partition coefficient (Wildman–Crippen LogP) is 3.14. The van der Waals surface area contributed by atoms with Crippen LogP contribution in [0.3, 0.4) is 0 Å². The van der Waals surface area contributed by atoms with Crippen LogP contribution in [-0.2, 0) is 9.59 Å². The predicted molar refractivity (Wildman–Crippen MR) is 81.9 cm³/mol. The summed E-state index contributed by atoms with van der Waals surface area (Å²) < 4.78 is 13.2. The Balaban J connectivity index is 2.77. The molecule has 0 atom stereocenters. The average molecular weight is 315 g/mol. The SMILES string of the molecule is CC(=O)N(CCC(=O)NC(C)(C)C)c1ccc(F)c(Cl)c1. The van der Waals surface area contributed by atoms with Crippen molar-refractivity contribution in [2.24, 2.45) is 0 Å². The first-order valence-corrected chi connectivity index (χ1v) is 7.02. The van der Waals surface area contributed by atoms with E-state index in [1.54, 1.807) is 0 Å². The lowest BCUT2D eigenvalue weighted by molar-refractivity contribution is -0.122. The van der Waals surface area contributed by atoms with Crippen LogP contribution in [-0.4, -0.2) is 23.9 Å². The molecule has 0 fully saturated rings. The van der Waals surface area contributed by atoms with Crippen molar-refractivity contribution < 1.29 is 14.0 Å². The van der Waals surface area contributed by atoms with Gasteiger partial charge in [0.1, 0.15) is 5.82 Å². The molecule has 0 bridgehead atoms. The van der Waals surface area contributed by atoms with Crippen LogP contribution in [0.15, 0.2) is 18.2 Å². The molecular formula is C15H20ClFN2O2. The Bertz CT molecular complexity index is 541. The number of hydrogen-bond donors (Lipinski definition) is 1. The van der Waals surface area contributed by atoms with Crippen molar-refractivity contribution in [1.29, 1.82) is 0 Å². The van der Waals surface area contributed by atoms with Gasteiger partial charge in [-0.25, -0.2) is 4.39 Å². The largest absolute Gasteiger partial charge is 0.351 e. The molecule has 0 aliphatic carbocycles. The summed E-state index contributed by atoms with van der Waals surface area (Å²) in [7, 11) is 0. The fourth-order valence-corrected chi connectivity index (χ4v) is 1.99. The number of carbonyl (C=O) groups is 2. The summed E-state index contributed by atoms with van der Waals surface area (Å²) in [6.45, 7) is 7.24. The van der Waals surface area contributed by atoms with E-state index in [-0.39, 0.29) is 35.3 Å². The lowest BCUT2D eigenvalue weighted by Gasteiger charge is -2.24. The molecule has 0 heterocycles. The van der Waals surface area contributed by atoms with Gasteiger partial charge in [-0.05, 0) is 39.0 Å². The smallest absolute Gasteiger partial charge is 0.223 e. The highest BCUT2D eigenvalue weighted by molar-refractivity contribution is 6.31. The van der Waals surface area contributed by atoms with Crippen LogP contribution in [0.25, 0.3) is 0 Å². The Morgan fingerprint density at radius 3 is 2.43 bits per heavy atom. The van der Waals surface area contributed by atoms with Crippen LogP contribution in [0.4, 0.5) is 10.1 Å². The van der Waals surface area contributed by atoms with Crippen LogP contribution < -0.4 is 10.2 Å². The Labute approximate surface area is 129 Å². The van der Waals surface area contributed by atoms with Gasteiger partial charge in [0.15, 0.2) is 0 Å². The third kappa shape index (κ3) is 5.71. The van der Waals surface area contributed by atoms with Gasteiger partial charge in [-0.15, -0.1) is 0 Å². The number of nitrogens with one attached hydrogen (secondary N) is 1. The molecule has 1 N–H and O–H groups in total. The van der Waals surface area contributed by atoms with Gasteiger partial charge in [0.05, 0.1) is 5.02 Å². The van der Waals surface area contributed by atoms with Crippen LogP contribution in [0.2, 0.25) is 5.02 Å². The molecule has 0 radical (unpaired) electrons. The van der Waals surface area contributed by atoms with E-state index in [9.17, 15) is 14.0 Å². The third-order valence-electron chi connectivity index (χ3n) is 2.67. The van der Waals surface area contributed by atoms with Crippen molar-refractivity contribution in [3.8, 4) is 0 Å². The maximum Gasteiger partial charge on any atom is 0.223 e. The number of benzene rings is 1. The van der Waals surface area contributed by atoms with Gasteiger partial charge in [-0.1, -0.05) is 11.6 Å². The number of anilines is 1. The first kappa shape index (κ1) is 17.4. The highest BCUT2D eigenvalue weighted by Gasteiger charge is 2.17. The highest BCUT2D eigenvalue weighted by Crippen LogP contribution is 2.23. The minimum atomic E-state index is -0.547. The summed E-state index contributed by atoms with van der Waals surface area (Å²) in [6, 6.07) is 4.03. The zero-order valence-corrected chi connectivity index (χ0v) is 13.4. The highest BCUT2D eigenvalue weighted by atomic mass is 35.5. The summed E-state index contributed by atoms with van der Waals surface area (Å²) in [5, 5.41) is 2.76. The van der Waals surface area contributed by atoms with E-state index in [2.05, 4.69) is 5.32 Å². The molecule has 1 rings (SSSR count). The van der Waals surface area contributed by atoms with E-state index < -0.39 is 5.82 Å². The molecule has 0 spiro atoms. The zero-order valence-electron chi connectivity index (χ0n) is 12.7. The molecule has 0 unspecified atom stereocenters. The van der Waals surface area contributed by atoms with E-state index in [4.69, 9.17) is 11.6 Å². The van der Waals surface area contributed by atoms with Gasteiger partial charge in [-0.2, -0.15) is 0 Å². The lowest BCUT2D eigenvalue weighted by atomic mass is 10.1. The average Bonchev–Trinajstić information content (AvgIpc) is 2.31. The molecule has 0 saturated heterocycles. The summed E-state index contributed by atoms with van der Waals surface area (Å²) in [5.74, 6) is -0.933. The van der Waals surface area contributed by atoms with Gasteiger partial charge in [-0.3, -0.25) is 9.59 Å². The summed E-state index contributed by atoms with van der Waals surface area (Å²) in [5.41, 5.74) is 0.148. The Hall–Kier alpha value is -1.62. The molecule has 0 saturated carbocycles. The second-order valence-electron chi connectivity index (χ2n) is 5.82. The van der Waals surface area contributed by atoms with Gasteiger partial charge in [0.25, 0.3) is 0 Å². The number of hydrogen-bond acceptors (Lipinski definition) is 2. The Morgan fingerprint density at radius 2 is 1.95 bits per heavy atom. The van der Waals surface area contributed by atoms with E-state index in [1.165, 1.54) is 30.0 Å². The van der Waals surface area contributed by atoms with Gasteiger partial charge in [0, 0.05) is 31.1 Å². The first-order chi connectivity index (χ1) is 9.60. The molecule has 4 nitrogen and oxygen atoms in total. The molecular weight excluding hydrogens is 295 g/mol. The second-order valence-corrected chi connectivity index (χ2v) is 6.22. The first-order valence-electron chi connectivity index (χ1n) is 6.64. The van der Waals surface area contributed by atoms with Crippen LogP contribution in [0, 0.1) is 5.82 Å². The minimum Gasteiger partial charge on any atom is -0.351 e. The molecule has 2 amide bonds. The van der Waals surface area contributed by atoms with Crippen molar-refractivity contribution in [2.45, 2.75) is 39.7 Å². The fraction of sp³-hybridized carbons (Fsp3) is 0.467. The third-order valence-corrected chi connectivity index (χ3v) is 2.96. The monoisotopic (exact) mass is 314 g/mol. The number of halogens is 2. The van der Waals surface area contributed by atoms with Crippen molar-refractivity contribution >= 4 is 29.1 Å². The Kier molecular flexibility index (Phi) is 5.72. The van der Waals surface area contributed by atoms with Crippen LogP contribution in [0.5, 0.6) is 0 Å². The van der Waals surface area contributed by atoms with Crippen molar-refractivity contribution in [3.05, 3.63) is 29.0 Å². The standard InChI is InChI=1S/C15H20ClFN2O2/c1-10(20)19(8-7-14(21)18-15(2,3)4)11-5-6-13(17)12(16)9-11/h5-6,9H,7-8H2,1-4H3,(H,18,21). The number of amides is 2. The van der Waals surface area contributed by atoms with Gasteiger partial charge < -0.3 is 10.2 Å². The van der Waals surface area contributed by atoms with E-state index in [1.807, 2.05) is 20.8 Å². The molecule has 1 aromatic carbocycles. The second kappa shape index (κ2) is 6.89. The van der Waals surface area contributed by atoms with Crippen molar-refractivity contribution in [2.75, 3.05) is 11.4 Å². The zero-order chi connectivity index (χ0) is 16.2. The number of nitrogens with zero attached hydrogens (tertiary/aromatic N) is 1. The summed E-state index contributed by atoms with van der Waals surface area (Å²) in [4.78, 5) is 24.9. The Morgan fingerprint density at radius 1 is 1.33 bits per heavy atom. The summed E-state index contributed by atoms with van der Waals surface area (Å²) >= 11 is 5.72. The maximum absolute atomic E-state index is 13.2. The molecule has 0 aliphatic heterocycles. The maximum atomic E-state index is 13.2. The van der Waals surface area contributed by atoms with Crippen molar-refractivity contribution in [1.82, 2.24) is 5.32 Å². The quantitative estimate of drug-likeness (QED) is 0.928. The molecule has 0 aromatic heterocycles. The molecule has 6 heteroatoms. The topological polar surface area (TPSA) is 49.4 Å². The minimum absolute atomic E-state index is 0.0575. The van der Waals surface area contributed by atoms with E-state index in [0.717, 1.165) is 0 Å². The van der Waals surface area contributed by atoms with Crippen LogP contribution in [0.1, 0.15) is 34.1 Å². The van der Waals surface area contributed by atoms with Crippen LogP contribution >= 0.6 is 11.6 Å². The van der Waals surface area contributed by atoms with Crippen molar-refractivity contribution in [3.63, 3.8) is 0 Å². The normalized spacial score (nSPS) is 11.1. The molecule has 21 heavy (non-hydrogen) atoms. The van der Waals surface area contributed by atoms with E-state index in [0.29, 0.717) is 5.69 Å². The summed E-state index contributed by atoms with van der Waals surface area (Å²) in [6.07, 6.45) is 0.159. The fourth-order valence-electron chi connectivity index (χ4n) is 1.82. The molecule has 116 valence electrons. The van der Waals surface area contributed by atoms with Gasteiger partial charge in [0.2, 0.25) is 11.8 Å². The number of rotatable bonds is 4.